The van der Waals surface area contributed by atoms with Gasteiger partial charge in [0.15, 0.2) is 0 Å². The van der Waals surface area contributed by atoms with Crippen LogP contribution in [0.5, 0.6) is 5.75 Å². The predicted molar refractivity (Wildman–Crippen MR) is 160 cm³/mol. The number of hydrogen-bond donors (Lipinski definition) is 0. The molecule has 7 nitrogen and oxygen atoms in total. The van der Waals surface area contributed by atoms with Crippen LogP contribution in [0.3, 0.4) is 0 Å². The summed E-state index contributed by atoms with van der Waals surface area (Å²) in [5.74, 6) is 0.932. The second kappa shape index (κ2) is 9.82. The van der Waals surface area contributed by atoms with Crippen LogP contribution in [-0.4, -0.2) is 64.4 Å². The van der Waals surface area contributed by atoms with Gasteiger partial charge in [-0.1, -0.05) is 0 Å². The third-order valence-electron chi connectivity index (χ3n) is 8.53. The van der Waals surface area contributed by atoms with Crippen molar-refractivity contribution in [2.45, 2.75) is 19.8 Å². The first-order valence-electron chi connectivity index (χ1n) is 13.3. The van der Waals surface area contributed by atoms with Gasteiger partial charge >= 0.3 is 244 Å². The number of benzene rings is 3. The number of hydrogen-bond acceptors (Lipinski definition) is 7. The summed E-state index contributed by atoms with van der Waals surface area (Å²) in [5.41, 5.74) is 3.16. The number of ether oxygens (including phenoxy) is 1. The summed E-state index contributed by atoms with van der Waals surface area (Å²) in [7, 11) is 1.64. The fourth-order valence-corrected chi connectivity index (χ4v) is 7.42. The first kappa shape index (κ1) is 26.1. The van der Waals surface area contributed by atoms with Crippen LogP contribution < -0.4 is 14.5 Å². The maximum atomic E-state index is 11.2. The zero-order chi connectivity index (χ0) is 28.1. The zero-order valence-electron chi connectivity index (χ0n) is 22.9. The summed E-state index contributed by atoms with van der Waals surface area (Å²) in [5, 5.41) is 22.3. The minimum absolute atomic E-state index is 0.416. The Morgan fingerprint density at radius 2 is 1.43 bits per heavy atom. The van der Waals surface area contributed by atoms with E-state index >= 15 is 0 Å². The number of anilines is 2. The molecule has 8 heteroatoms. The SMILES string of the molecule is COc1ccccc1C1C2(C#N)CN(c3ccc(C)cc3)CC1(C#N)C1=NCN(c3ccc(C)cc3)CN1C2=[SeH]. The zero-order valence-corrected chi connectivity index (χ0v) is 24.7. The molecule has 0 N–H and O–H groups in total. The normalized spacial score (nSPS) is 25.4. The molecule has 201 valence electrons. The molecule has 2 fully saturated rings. The molecule has 6 rings (SSSR count). The Morgan fingerprint density at radius 3 is 2.02 bits per heavy atom. The van der Waals surface area contributed by atoms with Gasteiger partial charge < -0.3 is 0 Å². The number of aliphatic imine (C=N–C) groups is 1. The first-order chi connectivity index (χ1) is 19.4. The molecule has 3 aromatic rings. The van der Waals surface area contributed by atoms with Crippen molar-refractivity contribution in [3.63, 3.8) is 0 Å². The average molecular weight is 595 g/mol. The summed E-state index contributed by atoms with van der Waals surface area (Å²) >= 11 is 2.67. The Kier molecular flexibility index (Phi) is 6.42. The number of nitrogens with zero attached hydrogens (tertiary/aromatic N) is 6. The Bertz CT molecular complexity index is 1590. The molecule has 40 heavy (non-hydrogen) atoms. The Labute approximate surface area is 243 Å². The topological polar surface area (TPSA) is 78.9 Å². The van der Waals surface area contributed by atoms with E-state index in [-0.39, 0.29) is 0 Å². The van der Waals surface area contributed by atoms with Gasteiger partial charge in [0.1, 0.15) is 0 Å². The van der Waals surface area contributed by atoms with E-state index in [0.717, 1.165) is 27.0 Å². The fourth-order valence-electron chi connectivity index (χ4n) is 6.56. The molecule has 0 aliphatic carbocycles. The quantitative estimate of drug-likeness (QED) is 0.423. The number of amidine groups is 1. The molecule has 3 atom stereocenters. The molecule has 3 aliphatic rings. The Balaban J connectivity index is 1.56. The number of methoxy groups -OCH3 is 1. The van der Waals surface area contributed by atoms with Crippen molar-refractivity contribution < 1.29 is 4.74 Å². The van der Waals surface area contributed by atoms with Crippen LogP contribution in [0.2, 0.25) is 0 Å². The molecule has 0 spiro atoms. The van der Waals surface area contributed by atoms with E-state index in [1.165, 1.54) is 5.56 Å². The monoisotopic (exact) mass is 595 g/mol. The van der Waals surface area contributed by atoms with Crippen molar-refractivity contribution in [3.05, 3.63) is 89.5 Å². The van der Waals surface area contributed by atoms with E-state index in [4.69, 9.17) is 9.73 Å². The van der Waals surface area contributed by atoms with Crippen molar-refractivity contribution in [2.24, 2.45) is 15.8 Å². The van der Waals surface area contributed by atoms with E-state index < -0.39 is 16.7 Å². The van der Waals surface area contributed by atoms with Crippen LogP contribution >= 0.6 is 0 Å². The fraction of sp³-hybridized carbons (Fsp3) is 0.312. The van der Waals surface area contributed by atoms with E-state index in [2.05, 4.69) is 105 Å². The maximum absolute atomic E-state index is 11.2. The molecular formula is C32H31N6OSe. The molecule has 0 aromatic heterocycles. The van der Waals surface area contributed by atoms with Gasteiger partial charge in [-0.2, -0.15) is 0 Å². The van der Waals surface area contributed by atoms with Crippen LogP contribution in [0.1, 0.15) is 22.6 Å². The van der Waals surface area contributed by atoms with Gasteiger partial charge in [0, 0.05) is 0 Å². The second-order valence-corrected chi connectivity index (χ2v) is 11.8. The van der Waals surface area contributed by atoms with Crippen molar-refractivity contribution in [2.75, 3.05) is 43.3 Å². The number of nitriles is 2. The Hall–Kier alpha value is -4.10. The second-order valence-electron chi connectivity index (χ2n) is 10.9. The van der Waals surface area contributed by atoms with Gasteiger partial charge in [0.2, 0.25) is 0 Å². The van der Waals surface area contributed by atoms with Crippen LogP contribution in [0, 0.1) is 47.3 Å². The van der Waals surface area contributed by atoms with Gasteiger partial charge in [0.05, 0.1) is 0 Å². The van der Waals surface area contributed by atoms with Gasteiger partial charge in [-0.05, 0) is 0 Å². The Morgan fingerprint density at radius 1 is 0.850 bits per heavy atom. The van der Waals surface area contributed by atoms with Crippen molar-refractivity contribution in [3.8, 4) is 17.9 Å². The number of para-hydroxylation sites is 1. The predicted octanol–water partition coefficient (Wildman–Crippen LogP) is 4.12. The summed E-state index contributed by atoms with van der Waals surface area (Å²) in [6, 6.07) is 30.0. The van der Waals surface area contributed by atoms with E-state index in [1.54, 1.807) is 7.11 Å². The van der Waals surface area contributed by atoms with Crippen molar-refractivity contribution >= 4 is 37.3 Å². The number of rotatable bonds is 4. The first-order valence-corrected chi connectivity index (χ1v) is 14.3. The summed E-state index contributed by atoms with van der Waals surface area (Å²) in [6.45, 7) is 5.94. The third-order valence-corrected chi connectivity index (χ3v) is 9.87. The summed E-state index contributed by atoms with van der Waals surface area (Å²) in [4.78, 5) is 11.6. The third kappa shape index (κ3) is 3.83. The van der Waals surface area contributed by atoms with Crippen LogP contribution in [0.25, 0.3) is 0 Å². The van der Waals surface area contributed by atoms with Crippen molar-refractivity contribution in [1.82, 2.24) is 4.90 Å². The van der Waals surface area contributed by atoms with E-state index in [9.17, 15) is 10.5 Å². The van der Waals surface area contributed by atoms with Crippen LogP contribution in [0.4, 0.5) is 11.4 Å². The molecule has 2 saturated heterocycles. The average Bonchev–Trinajstić information content (AvgIpc) is 3.00. The summed E-state index contributed by atoms with van der Waals surface area (Å²) < 4.78 is 6.66. The minimum atomic E-state index is -1.09. The number of fused-ring (bicyclic) bond motifs is 4. The molecule has 3 unspecified atom stereocenters. The number of piperidine rings is 2. The van der Waals surface area contributed by atoms with Crippen molar-refractivity contribution in [1.29, 1.82) is 10.5 Å². The molecular weight excluding hydrogens is 563 g/mol. The van der Waals surface area contributed by atoms with Crippen LogP contribution in [-0.2, 0) is 0 Å². The van der Waals surface area contributed by atoms with Gasteiger partial charge in [-0.15, -0.1) is 0 Å². The molecule has 1 radical (unpaired) electrons. The van der Waals surface area contributed by atoms with Gasteiger partial charge in [0.25, 0.3) is 0 Å². The van der Waals surface area contributed by atoms with Crippen LogP contribution in [0.15, 0.2) is 77.8 Å². The molecule has 3 heterocycles. The molecule has 3 aromatic carbocycles. The molecule has 0 amide bonds. The standard InChI is InChI=1S/C32H31N6OSe/c1-22-8-12-24(13-9-22)36-18-31(16-33)28(26-6-4-5-7-27(26)39-3)32(17-34,19-36)30(40)38-21-37(20-35-29(31)38)25-14-10-23(2)11-15-25/h4-15,28,40H,18-21H2,1-3H3. The van der Waals surface area contributed by atoms with Gasteiger partial charge in [-0.3, -0.25) is 0 Å². The molecule has 0 saturated carbocycles. The van der Waals surface area contributed by atoms with E-state index in [1.807, 2.05) is 24.3 Å². The molecule has 2 bridgehead atoms. The van der Waals surface area contributed by atoms with Gasteiger partial charge in [-0.25, -0.2) is 0 Å². The number of aryl methyl sites for hydroxylation is 2. The summed E-state index contributed by atoms with van der Waals surface area (Å²) in [6.07, 6.45) is 0. The van der Waals surface area contributed by atoms with E-state index in [0.29, 0.717) is 38.0 Å². The molecule has 3 aliphatic heterocycles.